The predicted molar refractivity (Wildman–Crippen MR) is 136 cm³/mol. The van der Waals surface area contributed by atoms with E-state index in [4.69, 9.17) is 14.2 Å². The Morgan fingerprint density at radius 2 is 1.81 bits per heavy atom. The Morgan fingerprint density at radius 1 is 1.00 bits per heavy atom. The molecule has 1 atom stereocenters. The Labute approximate surface area is 209 Å². The van der Waals surface area contributed by atoms with Gasteiger partial charge in [0, 0.05) is 50.9 Å². The van der Waals surface area contributed by atoms with Crippen molar-refractivity contribution in [3.8, 4) is 17.2 Å². The van der Waals surface area contributed by atoms with Crippen LogP contribution in [0.4, 0.5) is 5.69 Å². The molecule has 2 aromatic heterocycles. The number of amides is 1. The highest BCUT2D eigenvalue weighted by molar-refractivity contribution is 5.78. The van der Waals surface area contributed by atoms with Crippen molar-refractivity contribution in [1.82, 2.24) is 14.3 Å². The summed E-state index contributed by atoms with van der Waals surface area (Å²) in [6.45, 7) is 3.07. The highest BCUT2D eigenvalue weighted by Gasteiger charge is 2.29. The van der Waals surface area contributed by atoms with Crippen molar-refractivity contribution < 1.29 is 19.0 Å². The third-order valence-electron chi connectivity index (χ3n) is 7.04. The molecule has 0 N–H and O–H groups in total. The van der Waals surface area contributed by atoms with Gasteiger partial charge < -0.3 is 28.4 Å². The number of fused-ring (bicyclic) bond motifs is 2. The second-order valence-electron chi connectivity index (χ2n) is 9.02. The first-order chi connectivity index (χ1) is 17.7. The van der Waals surface area contributed by atoms with Crippen LogP contribution in [0.3, 0.4) is 0 Å². The van der Waals surface area contributed by atoms with Crippen LogP contribution in [0, 0.1) is 0 Å². The fourth-order valence-electron chi connectivity index (χ4n) is 5.12. The van der Waals surface area contributed by atoms with Crippen LogP contribution in [-0.4, -0.2) is 60.3 Å². The highest BCUT2D eigenvalue weighted by Crippen LogP contribution is 2.38. The van der Waals surface area contributed by atoms with E-state index in [2.05, 4.69) is 20.4 Å². The summed E-state index contributed by atoms with van der Waals surface area (Å²) in [5.74, 6) is 2.26. The molecule has 1 amide bonds. The number of anilines is 1. The van der Waals surface area contributed by atoms with Crippen molar-refractivity contribution in [3.05, 3.63) is 84.3 Å². The molecule has 0 bridgehead atoms. The minimum Gasteiger partial charge on any atom is -0.495 e. The summed E-state index contributed by atoms with van der Waals surface area (Å²) >= 11 is 0. The van der Waals surface area contributed by atoms with Gasteiger partial charge in [-0.15, -0.1) is 0 Å². The molecule has 0 radical (unpaired) electrons. The Morgan fingerprint density at radius 3 is 2.67 bits per heavy atom. The lowest BCUT2D eigenvalue weighted by atomic mass is 9.91. The number of piperazine rings is 1. The van der Waals surface area contributed by atoms with Crippen LogP contribution < -0.4 is 19.1 Å². The van der Waals surface area contributed by atoms with Gasteiger partial charge in [-0.25, -0.2) is 4.98 Å². The standard InChI is InChI=1S/C28H28N4O4/c1-34-24-7-3-2-6-22(24)30-12-14-31(15-13-30)28(33)17-21(20-9-10-25-26(16-20)36-19-35-25)23-18-29-27-8-4-5-11-32(23)27/h2-11,16,18,21H,12-15,17,19H2,1H3. The number of nitrogens with zero attached hydrogens (tertiary/aromatic N) is 4. The van der Waals surface area contributed by atoms with Crippen LogP contribution in [0.25, 0.3) is 5.65 Å². The zero-order valence-corrected chi connectivity index (χ0v) is 20.2. The van der Waals surface area contributed by atoms with E-state index in [9.17, 15) is 4.79 Å². The molecule has 8 heteroatoms. The van der Waals surface area contributed by atoms with Gasteiger partial charge in [-0.05, 0) is 42.0 Å². The summed E-state index contributed by atoms with van der Waals surface area (Å²) in [6.07, 6.45) is 4.21. The Bertz CT molecular complexity index is 1390. The van der Waals surface area contributed by atoms with E-state index < -0.39 is 0 Å². The summed E-state index contributed by atoms with van der Waals surface area (Å²) in [6, 6.07) is 19.9. The Hall–Kier alpha value is -4.20. The number of ether oxygens (including phenoxy) is 3. The quantitative estimate of drug-likeness (QED) is 0.413. The average Bonchev–Trinajstić information content (AvgIpc) is 3.58. The molecule has 6 rings (SSSR count). The van der Waals surface area contributed by atoms with Gasteiger partial charge in [-0.2, -0.15) is 0 Å². The number of rotatable bonds is 6. The number of imidazole rings is 1. The lowest BCUT2D eigenvalue weighted by molar-refractivity contribution is -0.131. The van der Waals surface area contributed by atoms with Crippen LogP contribution in [-0.2, 0) is 4.79 Å². The maximum atomic E-state index is 13.6. The number of aromatic nitrogens is 2. The Kier molecular flexibility index (Phi) is 5.85. The normalized spacial score (nSPS) is 15.8. The predicted octanol–water partition coefficient (Wildman–Crippen LogP) is 3.94. The largest absolute Gasteiger partial charge is 0.495 e. The number of carbonyl (C=O) groups is 1. The molecule has 1 unspecified atom stereocenters. The molecule has 36 heavy (non-hydrogen) atoms. The first kappa shape index (κ1) is 22.3. The monoisotopic (exact) mass is 484 g/mol. The van der Waals surface area contributed by atoms with E-state index in [1.807, 2.05) is 71.9 Å². The van der Waals surface area contributed by atoms with Gasteiger partial charge in [0.05, 0.1) is 18.5 Å². The summed E-state index contributed by atoms with van der Waals surface area (Å²) in [4.78, 5) is 22.4. The van der Waals surface area contributed by atoms with Gasteiger partial charge in [-0.1, -0.05) is 24.3 Å². The number of hydrogen-bond donors (Lipinski definition) is 0. The van der Waals surface area contributed by atoms with Crippen molar-refractivity contribution in [3.63, 3.8) is 0 Å². The molecule has 184 valence electrons. The van der Waals surface area contributed by atoms with Crippen molar-refractivity contribution in [1.29, 1.82) is 0 Å². The number of carbonyl (C=O) groups excluding carboxylic acids is 1. The van der Waals surface area contributed by atoms with E-state index >= 15 is 0 Å². The molecule has 0 spiro atoms. The van der Waals surface area contributed by atoms with Gasteiger partial charge >= 0.3 is 0 Å². The lowest BCUT2D eigenvalue weighted by Crippen LogP contribution is -2.49. The SMILES string of the molecule is COc1ccccc1N1CCN(C(=O)CC(c2ccc3c(c2)OCO3)c2cnc3ccccn23)CC1. The third-order valence-corrected chi connectivity index (χ3v) is 7.04. The van der Waals surface area contributed by atoms with Crippen LogP contribution in [0.15, 0.2) is 73.1 Å². The van der Waals surface area contributed by atoms with Gasteiger partial charge in [0.2, 0.25) is 12.7 Å². The molecule has 0 aliphatic carbocycles. The van der Waals surface area contributed by atoms with Gasteiger partial charge in [0.1, 0.15) is 11.4 Å². The van der Waals surface area contributed by atoms with E-state index in [1.165, 1.54) is 0 Å². The van der Waals surface area contributed by atoms with E-state index in [0.29, 0.717) is 25.3 Å². The number of pyridine rings is 1. The smallest absolute Gasteiger partial charge is 0.231 e. The fourth-order valence-corrected chi connectivity index (χ4v) is 5.12. The van der Waals surface area contributed by atoms with Crippen molar-refractivity contribution >= 4 is 17.2 Å². The lowest BCUT2D eigenvalue weighted by Gasteiger charge is -2.37. The van der Waals surface area contributed by atoms with Crippen LogP contribution in [0.5, 0.6) is 17.2 Å². The van der Waals surface area contributed by atoms with E-state index in [0.717, 1.165) is 47.2 Å². The maximum Gasteiger partial charge on any atom is 0.231 e. The van der Waals surface area contributed by atoms with Crippen molar-refractivity contribution in [2.24, 2.45) is 0 Å². The number of methoxy groups -OCH3 is 1. The maximum absolute atomic E-state index is 13.6. The number of benzene rings is 2. The summed E-state index contributed by atoms with van der Waals surface area (Å²) in [5, 5.41) is 0. The second kappa shape index (κ2) is 9.45. The third kappa shape index (κ3) is 4.08. The van der Waals surface area contributed by atoms with Crippen LogP contribution >= 0.6 is 0 Å². The zero-order valence-electron chi connectivity index (χ0n) is 20.2. The summed E-state index contributed by atoms with van der Waals surface area (Å²) in [5.41, 5.74) is 3.91. The first-order valence-electron chi connectivity index (χ1n) is 12.2. The zero-order chi connectivity index (χ0) is 24.5. The minimum atomic E-state index is -0.170. The Balaban J connectivity index is 1.24. The molecule has 0 saturated carbocycles. The number of para-hydroxylation sites is 2. The molecule has 2 aliphatic heterocycles. The van der Waals surface area contributed by atoms with Gasteiger partial charge in [0.25, 0.3) is 0 Å². The van der Waals surface area contributed by atoms with Crippen LogP contribution in [0.2, 0.25) is 0 Å². The molecule has 8 nitrogen and oxygen atoms in total. The molecule has 2 aliphatic rings. The molecule has 2 aromatic carbocycles. The molecule has 1 saturated heterocycles. The fraction of sp³-hybridized carbons (Fsp3) is 0.286. The summed E-state index contributed by atoms with van der Waals surface area (Å²) < 4.78 is 18.7. The van der Waals surface area contributed by atoms with Crippen molar-refractivity contribution in [2.45, 2.75) is 12.3 Å². The summed E-state index contributed by atoms with van der Waals surface area (Å²) in [7, 11) is 1.69. The molecule has 1 fully saturated rings. The van der Waals surface area contributed by atoms with E-state index in [-0.39, 0.29) is 18.6 Å². The topological polar surface area (TPSA) is 68.5 Å². The van der Waals surface area contributed by atoms with Crippen molar-refractivity contribution in [2.75, 3.05) is 45.0 Å². The molecule has 4 heterocycles. The van der Waals surface area contributed by atoms with Gasteiger partial charge in [-0.3, -0.25) is 4.79 Å². The van der Waals surface area contributed by atoms with E-state index in [1.54, 1.807) is 7.11 Å². The highest BCUT2D eigenvalue weighted by atomic mass is 16.7. The molecule has 4 aromatic rings. The number of hydrogen-bond acceptors (Lipinski definition) is 6. The molecular weight excluding hydrogens is 456 g/mol. The first-order valence-corrected chi connectivity index (χ1v) is 12.2. The van der Waals surface area contributed by atoms with Crippen LogP contribution in [0.1, 0.15) is 23.6 Å². The minimum absolute atomic E-state index is 0.128. The van der Waals surface area contributed by atoms with Gasteiger partial charge in [0.15, 0.2) is 11.5 Å². The molecular formula is C28H28N4O4. The average molecular weight is 485 g/mol. The second-order valence-corrected chi connectivity index (χ2v) is 9.02.